The molecule has 1 aromatic rings. The Kier molecular flexibility index (Phi) is 3.31. The lowest BCUT2D eigenvalue weighted by molar-refractivity contribution is -0.141. The summed E-state index contributed by atoms with van der Waals surface area (Å²) >= 11 is 0. The van der Waals surface area contributed by atoms with Gasteiger partial charge in [0, 0.05) is 12.1 Å². The maximum absolute atomic E-state index is 12.0. The number of benzene rings is 1. The molecule has 1 aliphatic heterocycles. The van der Waals surface area contributed by atoms with Crippen molar-refractivity contribution in [2.45, 2.75) is 37.9 Å². The van der Waals surface area contributed by atoms with Crippen LogP contribution in [-0.2, 0) is 9.59 Å². The molecule has 1 aliphatic carbocycles. The van der Waals surface area contributed by atoms with Gasteiger partial charge < -0.3 is 5.73 Å². The van der Waals surface area contributed by atoms with Crippen LogP contribution in [-0.4, -0.2) is 29.3 Å². The summed E-state index contributed by atoms with van der Waals surface area (Å²) in [6.45, 7) is 2.23. The smallest absolute Gasteiger partial charge is 0.243 e. The second-order valence-electron chi connectivity index (χ2n) is 5.50. The van der Waals surface area contributed by atoms with E-state index in [0.717, 1.165) is 17.5 Å². The number of piperazine rings is 1. The van der Waals surface area contributed by atoms with Gasteiger partial charge in [-0.05, 0) is 24.0 Å². The summed E-state index contributed by atoms with van der Waals surface area (Å²) in [5.41, 5.74) is 8.47. The molecule has 0 saturated carbocycles. The number of fused-ring (bicyclic) bond motifs is 1. The second-order valence-corrected chi connectivity index (χ2v) is 5.50. The summed E-state index contributed by atoms with van der Waals surface area (Å²) in [6, 6.07) is 7.83. The minimum Gasteiger partial charge on any atom is -0.324 e. The van der Waals surface area contributed by atoms with Crippen molar-refractivity contribution in [2.75, 3.05) is 6.54 Å². The molecule has 3 atom stereocenters. The van der Waals surface area contributed by atoms with Crippen molar-refractivity contribution in [2.24, 2.45) is 5.73 Å². The van der Waals surface area contributed by atoms with Gasteiger partial charge in [-0.2, -0.15) is 0 Å². The van der Waals surface area contributed by atoms with Crippen LogP contribution in [0.25, 0.3) is 0 Å². The zero-order valence-corrected chi connectivity index (χ0v) is 11.5. The predicted molar refractivity (Wildman–Crippen MR) is 74.7 cm³/mol. The first kappa shape index (κ1) is 13.3. The Bertz CT molecular complexity index is 558. The van der Waals surface area contributed by atoms with Crippen LogP contribution >= 0.6 is 0 Å². The first-order valence-corrected chi connectivity index (χ1v) is 7.05. The van der Waals surface area contributed by atoms with Crippen molar-refractivity contribution in [1.82, 2.24) is 10.2 Å². The molecule has 20 heavy (non-hydrogen) atoms. The third-order valence-corrected chi connectivity index (χ3v) is 4.31. The summed E-state index contributed by atoms with van der Waals surface area (Å²) in [6.07, 6.45) is 1.45. The molecule has 2 amide bonds. The Morgan fingerprint density at radius 2 is 2.00 bits per heavy atom. The van der Waals surface area contributed by atoms with E-state index in [0.29, 0.717) is 6.42 Å². The van der Waals surface area contributed by atoms with E-state index >= 15 is 0 Å². The van der Waals surface area contributed by atoms with Crippen LogP contribution in [0.1, 0.15) is 43.0 Å². The van der Waals surface area contributed by atoms with E-state index in [-0.39, 0.29) is 36.5 Å². The molecule has 5 nitrogen and oxygen atoms in total. The average Bonchev–Trinajstić information content (AvgIpc) is 2.76. The van der Waals surface area contributed by atoms with Gasteiger partial charge in [0.15, 0.2) is 0 Å². The van der Waals surface area contributed by atoms with Crippen molar-refractivity contribution in [3.63, 3.8) is 0 Å². The third-order valence-electron chi connectivity index (χ3n) is 4.31. The highest BCUT2D eigenvalue weighted by molar-refractivity contribution is 6.01. The highest BCUT2D eigenvalue weighted by atomic mass is 16.2. The highest BCUT2D eigenvalue weighted by Gasteiger charge is 2.41. The zero-order chi connectivity index (χ0) is 14.3. The van der Waals surface area contributed by atoms with Gasteiger partial charge in [0.25, 0.3) is 0 Å². The molecule has 3 N–H and O–H groups in total. The number of hydrogen-bond donors (Lipinski definition) is 2. The molecule has 106 valence electrons. The Labute approximate surface area is 118 Å². The Hall–Kier alpha value is -1.72. The number of carbonyl (C=O) groups excluding carboxylic acids is 2. The molecule has 0 bridgehead atoms. The van der Waals surface area contributed by atoms with Gasteiger partial charge >= 0.3 is 0 Å². The molecule has 1 aromatic carbocycles. The fourth-order valence-corrected chi connectivity index (χ4v) is 3.39. The molecule has 0 radical (unpaired) electrons. The molecule has 3 rings (SSSR count). The normalized spacial score (nSPS) is 30.2. The van der Waals surface area contributed by atoms with Gasteiger partial charge in [-0.1, -0.05) is 31.2 Å². The number of hydrogen-bond acceptors (Lipinski definition) is 4. The number of rotatable bonds is 2. The van der Waals surface area contributed by atoms with Gasteiger partial charge in [0.2, 0.25) is 11.8 Å². The molecular formula is C15H19N3O2. The number of nitrogens with two attached hydrogens (primary N) is 1. The van der Waals surface area contributed by atoms with Crippen LogP contribution < -0.4 is 11.1 Å². The SMILES string of the molecule is CCC1C(=O)NC(=O)CN1C1CC(N)c2ccccc21. The van der Waals surface area contributed by atoms with Gasteiger partial charge in [-0.15, -0.1) is 0 Å². The number of amides is 2. The van der Waals surface area contributed by atoms with Gasteiger partial charge in [0.05, 0.1) is 12.6 Å². The van der Waals surface area contributed by atoms with E-state index in [4.69, 9.17) is 5.73 Å². The average molecular weight is 273 g/mol. The van der Waals surface area contributed by atoms with Crippen molar-refractivity contribution >= 4 is 11.8 Å². The molecule has 2 aliphatic rings. The summed E-state index contributed by atoms with van der Waals surface area (Å²) in [7, 11) is 0. The first-order chi connectivity index (χ1) is 9.61. The quantitative estimate of drug-likeness (QED) is 0.784. The standard InChI is InChI=1S/C15H19N3O2/c1-2-12-15(20)17-14(19)8-18(12)13-7-11(16)9-5-3-4-6-10(9)13/h3-6,11-13H,2,7-8,16H2,1H3,(H,17,19,20). The minimum atomic E-state index is -0.254. The van der Waals surface area contributed by atoms with E-state index < -0.39 is 0 Å². The summed E-state index contributed by atoms with van der Waals surface area (Å²) < 4.78 is 0. The molecule has 1 heterocycles. The lowest BCUT2D eigenvalue weighted by Gasteiger charge is -2.38. The van der Waals surface area contributed by atoms with Gasteiger partial charge in [0.1, 0.15) is 0 Å². The number of nitrogens with one attached hydrogen (secondary N) is 1. The Morgan fingerprint density at radius 3 is 2.70 bits per heavy atom. The monoisotopic (exact) mass is 273 g/mol. The minimum absolute atomic E-state index is 0.0196. The van der Waals surface area contributed by atoms with Crippen molar-refractivity contribution in [3.05, 3.63) is 35.4 Å². The van der Waals surface area contributed by atoms with Crippen LogP contribution in [0.4, 0.5) is 0 Å². The van der Waals surface area contributed by atoms with Gasteiger partial charge in [-0.3, -0.25) is 19.8 Å². The molecule has 1 saturated heterocycles. The third kappa shape index (κ3) is 2.03. The van der Waals surface area contributed by atoms with E-state index in [9.17, 15) is 9.59 Å². The van der Waals surface area contributed by atoms with Crippen molar-refractivity contribution in [1.29, 1.82) is 0 Å². The van der Waals surface area contributed by atoms with Crippen LogP contribution in [0.3, 0.4) is 0 Å². The summed E-state index contributed by atoms with van der Waals surface area (Å²) in [5.74, 6) is -0.417. The van der Waals surface area contributed by atoms with E-state index in [2.05, 4.69) is 11.4 Å². The maximum Gasteiger partial charge on any atom is 0.243 e. The predicted octanol–water partition coefficient (Wildman–Crippen LogP) is 0.868. The van der Waals surface area contributed by atoms with Crippen molar-refractivity contribution < 1.29 is 9.59 Å². The van der Waals surface area contributed by atoms with Crippen LogP contribution in [0, 0.1) is 0 Å². The maximum atomic E-state index is 12.0. The molecule has 1 fully saturated rings. The number of carbonyl (C=O) groups is 2. The summed E-state index contributed by atoms with van der Waals surface area (Å²) in [4.78, 5) is 25.7. The fraction of sp³-hybridized carbons (Fsp3) is 0.467. The largest absolute Gasteiger partial charge is 0.324 e. The van der Waals surface area contributed by atoms with Crippen LogP contribution in [0.2, 0.25) is 0 Å². The lowest BCUT2D eigenvalue weighted by Crippen LogP contribution is -2.58. The van der Waals surface area contributed by atoms with Crippen LogP contribution in [0.15, 0.2) is 24.3 Å². The summed E-state index contributed by atoms with van der Waals surface area (Å²) in [5, 5.41) is 2.42. The van der Waals surface area contributed by atoms with E-state index in [1.165, 1.54) is 0 Å². The Balaban J connectivity index is 1.96. The fourth-order valence-electron chi connectivity index (χ4n) is 3.39. The molecular weight excluding hydrogens is 254 g/mol. The van der Waals surface area contributed by atoms with Crippen LogP contribution in [0.5, 0.6) is 0 Å². The molecule has 0 aromatic heterocycles. The van der Waals surface area contributed by atoms with Gasteiger partial charge in [-0.25, -0.2) is 0 Å². The Morgan fingerprint density at radius 1 is 1.30 bits per heavy atom. The molecule has 3 unspecified atom stereocenters. The number of imide groups is 1. The topological polar surface area (TPSA) is 75.4 Å². The second kappa shape index (κ2) is 5.00. The van der Waals surface area contributed by atoms with E-state index in [1.54, 1.807) is 0 Å². The molecule has 0 spiro atoms. The van der Waals surface area contributed by atoms with Crippen molar-refractivity contribution in [3.8, 4) is 0 Å². The zero-order valence-electron chi connectivity index (χ0n) is 11.5. The number of nitrogens with zero attached hydrogens (tertiary/aromatic N) is 1. The van der Waals surface area contributed by atoms with E-state index in [1.807, 2.05) is 30.0 Å². The highest BCUT2D eigenvalue weighted by Crippen LogP contribution is 2.42. The molecule has 5 heteroatoms. The first-order valence-electron chi connectivity index (χ1n) is 7.05. The lowest BCUT2D eigenvalue weighted by atomic mass is 10.0.